The van der Waals surface area contributed by atoms with Gasteiger partial charge in [0.25, 0.3) is 0 Å². The van der Waals surface area contributed by atoms with Gasteiger partial charge in [-0.2, -0.15) is 0 Å². The van der Waals surface area contributed by atoms with E-state index in [0.29, 0.717) is 12.4 Å². The van der Waals surface area contributed by atoms with Crippen LogP contribution in [-0.4, -0.2) is 16.1 Å². The standard InChI is InChI=1S/C14H16FN3O/c1-10(2)19-13-8-11(5-7-16-13)9-18-14-12(15)4-3-6-17-14/h3-8,10H,9H2,1-2H3,(H,17,18). The van der Waals surface area contributed by atoms with Gasteiger partial charge in [-0.15, -0.1) is 0 Å². The summed E-state index contributed by atoms with van der Waals surface area (Å²) in [5.41, 5.74) is 0.954. The quantitative estimate of drug-likeness (QED) is 0.898. The third-order valence-electron chi connectivity index (χ3n) is 2.37. The molecule has 0 unspecified atom stereocenters. The van der Waals surface area contributed by atoms with E-state index in [2.05, 4.69) is 15.3 Å². The molecule has 0 spiro atoms. The number of rotatable bonds is 5. The molecule has 0 aliphatic carbocycles. The summed E-state index contributed by atoms with van der Waals surface area (Å²) in [6, 6.07) is 6.60. The Balaban J connectivity index is 2.02. The summed E-state index contributed by atoms with van der Waals surface area (Å²) in [5.74, 6) is 0.441. The molecule has 2 aromatic heterocycles. The van der Waals surface area contributed by atoms with Crippen molar-refractivity contribution in [1.29, 1.82) is 0 Å². The lowest BCUT2D eigenvalue weighted by Gasteiger charge is -2.10. The fourth-order valence-corrected chi connectivity index (χ4v) is 1.57. The van der Waals surface area contributed by atoms with E-state index < -0.39 is 0 Å². The number of aromatic nitrogens is 2. The van der Waals surface area contributed by atoms with E-state index in [1.165, 1.54) is 6.07 Å². The van der Waals surface area contributed by atoms with Crippen LogP contribution in [0.15, 0.2) is 36.7 Å². The van der Waals surface area contributed by atoms with Crippen molar-refractivity contribution in [3.05, 3.63) is 48.0 Å². The Hall–Kier alpha value is -2.17. The Kier molecular flexibility index (Phi) is 4.28. The van der Waals surface area contributed by atoms with Gasteiger partial charge < -0.3 is 10.1 Å². The van der Waals surface area contributed by atoms with Crippen molar-refractivity contribution >= 4 is 5.82 Å². The van der Waals surface area contributed by atoms with Gasteiger partial charge in [0.15, 0.2) is 11.6 Å². The third-order valence-corrected chi connectivity index (χ3v) is 2.37. The second kappa shape index (κ2) is 6.13. The van der Waals surface area contributed by atoms with Crippen LogP contribution in [0.2, 0.25) is 0 Å². The zero-order chi connectivity index (χ0) is 13.7. The molecule has 19 heavy (non-hydrogen) atoms. The zero-order valence-corrected chi connectivity index (χ0v) is 10.9. The van der Waals surface area contributed by atoms with E-state index in [-0.39, 0.29) is 17.7 Å². The van der Waals surface area contributed by atoms with Gasteiger partial charge in [-0.05, 0) is 37.6 Å². The molecule has 2 heterocycles. The highest BCUT2D eigenvalue weighted by molar-refractivity contribution is 5.37. The van der Waals surface area contributed by atoms with Gasteiger partial charge in [-0.1, -0.05) is 0 Å². The number of anilines is 1. The molecule has 0 bridgehead atoms. The molecule has 100 valence electrons. The Morgan fingerprint density at radius 1 is 1.26 bits per heavy atom. The number of halogens is 1. The zero-order valence-electron chi connectivity index (χ0n) is 10.9. The van der Waals surface area contributed by atoms with Gasteiger partial charge in [0.1, 0.15) is 0 Å². The van der Waals surface area contributed by atoms with Gasteiger partial charge in [0.2, 0.25) is 5.88 Å². The van der Waals surface area contributed by atoms with E-state index in [9.17, 15) is 4.39 Å². The second-order valence-electron chi connectivity index (χ2n) is 4.36. The van der Waals surface area contributed by atoms with E-state index in [4.69, 9.17) is 4.74 Å². The molecule has 0 saturated carbocycles. The topological polar surface area (TPSA) is 47.0 Å². The summed E-state index contributed by atoms with van der Waals surface area (Å²) >= 11 is 0. The van der Waals surface area contributed by atoms with Crippen LogP contribution in [0.3, 0.4) is 0 Å². The maximum absolute atomic E-state index is 13.4. The van der Waals surface area contributed by atoms with Gasteiger partial charge in [0, 0.05) is 25.0 Å². The van der Waals surface area contributed by atoms with Crippen molar-refractivity contribution in [2.24, 2.45) is 0 Å². The van der Waals surface area contributed by atoms with Crippen LogP contribution in [0, 0.1) is 5.82 Å². The largest absolute Gasteiger partial charge is 0.475 e. The summed E-state index contributed by atoms with van der Waals surface area (Å²) in [6.45, 7) is 4.34. The van der Waals surface area contributed by atoms with Crippen molar-refractivity contribution < 1.29 is 9.13 Å². The van der Waals surface area contributed by atoms with Crippen LogP contribution in [0.4, 0.5) is 10.2 Å². The molecule has 4 nitrogen and oxygen atoms in total. The average molecular weight is 261 g/mol. The summed E-state index contributed by atoms with van der Waals surface area (Å²) < 4.78 is 18.9. The minimum absolute atomic E-state index is 0.0731. The predicted octanol–water partition coefficient (Wildman–Crippen LogP) is 3.02. The number of hydrogen-bond donors (Lipinski definition) is 1. The molecule has 0 fully saturated rings. The van der Waals surface area contributed by atoms with Crippen LogP contribution < -0.4 is 10.1 Å². The van der Waals surface area contributed by atoms with Crippen LogP contribution >= 0.6 is 0 Å². The number of pyridine rings is 2. The molecule has 0 saturated heterocycles. The first-order valence-electron chi connectivity index (χ1n) is 6.11. The predicted molar refractivity (Wildman–Crippen MR) is 71.5 cm³/mol. The molecule has 0 radical (unpaired) electrons. The minimum Gasteiger partial charge on any atom is -0.475 e. The first-order chi connectivity index (χ1) is 9.15. The molecule has 5 heteroatoms. The molecular weight excluding hydrogens is 245 g/mol. The van der Waals surface area contributed by atoms with Crippen molar-refractivity contribution in [2.45, 2.75) is 26.5 Å². The maximum atomic E-state index is 13.4. The number of nitrogens with one attached hydrogen (secondary N) is 1. The van der Waals surface area contributed by atoms with E-state index >= 15 is 0 Å². The number of nitrogens with zero attached hydrogens (tertiary/aromatic N) is 2. The number of ether oxygens (including phenoxy) is 1. The summed E-state index contributed by atoms with van der Waals surface area (Å²) in [7, 11) is 0. The molecule has 0 aliphatic heterocycles. The van der Waals surface area contributed by atoms with Gasteiger partial charge in [-0.25, -0.2) is 14.4 Å². The maximum Gasteiger partial charge on any atom is 0.213 e. The Labute approximate surface area is 111 Å². The lowest BCUT2D eigenvalue weighted by Crippen LogP contribution is -2.08. The Morgan fingerprint density at radius 2 is 2.11 bits per heavy atom. The Bertz CT molecular complexity index is 546. The normalized spacial score (nSPS) is 10.5. The van der Waals surface area contributed by atoms with Crippen molar-refractivity contribution in [3.63, 3.8) is 0 Å². The highest BCUT2D eigenvalue weighted by atomic mass is 19.1. The smallest absolute Gasteiger partial charge is 0.213 e. The Morgan fingerprint density at radius 3 is 2.84 bits per heavy atom. The highest BCUT2D eigenvalue weighted by Gasteiger charge is 2.04. The van der Waals surface area contributed by atoms with Crippen LogP contribution in [0.1, 0.15) is 19.4 Å². The molecule has 0 amide bonds. The van der Waals surface area contributed by atoms with Gasteiger partial charge in [0.05, 0.1) is 6.10 Å². The molecule has 0 aromatic carbocycles. The van der Waals surface area contributed by atoms with Gasteiger partial charge in [-0.3, -0.25) is 0 Å². The third kappa shape index (κ3) is 3.91. The molecule has 0 atom stereocenters. The summed E-state index contributed by atoms with van der Waals surface area (Å²) in [4.78, 5) is 8.04. The van der Waals surface area contributed by atoms with Gasteiger partial charge >= 0.3 is 0 Å². The van der Waals surface area contributed by atoms with Crippen molar-refractivity contribution in [1.82, 2.24) is 9.97 Å². The lowest BCUT2D eigenvalue weighted by atomic mass is 10.2. The van der Waals surface area contributed by atoms with Crippen molar-refractivity contribution in [3.8, 4) is 5.88 Å². The first kappa shape index (κ1) is 13.3. The molecule has 1 N–H and O–H groups in total. The van der Waals surface area contributed by atoms with E-state index in [1.807, 2.05) is 26.0 Å². The SMILES string of the molecule is CC(C)Oc1cc(CNc2ncccc2F)ccn1. The number of hydrogen-bond acceptors (Lipinski definition) is 4. The van der Waals surface area contributed by atoms with Crippen LogP contribution in [0.5, 0.6) is 5.88 Å². The van der Waals surface area contributed by atoms with Crippen LogP contribution in [0.25, 0.3) is 0 Å². The summed E-state index contributed by atoms with van der Waals surface area (Å²) in [5, 5.41) is 2.94. The van der Waals surface area contributed by atoms with Crippen molar-refractivity contribution in [2.75, 3.05) is 5.32 Å². The molecular formula is C14H16FN3O. The lowest BCUT2D eigenvalue weighted by molar-refractivity contribution is 0.232. The molecule has 2 rings (SSSR count). The monoisotopic (exact) mass is 261 g/mol. The average Bonchev–Trinajstić information content (AvgIpc) is 2.37. The molecule has 2 aromatic rings. The highest BCUT2D eigenvalue weighted by Crippen LogP contribution is 2.14. The molecule has 0 aliphatic rings. The minimum atomic E-state index is -0.366. The second-order valence-corrected chi connectivity index (χ2v) is 4.36. The summed E-state index contributed by atoms with van der Waals surface area (Å²) in [6.07, 6.45) is 3.29. The van der Waals surface area contributed by atoms with Crippen LogP contribution in [-0.2, 0) is 6.54 Å². The first-order valence-corrected chi connectivity index (χ1v) is 6.11. The fourth-order valence-electron chi connectivity index (χ4n) is 1.57. The fraction of sp³-hybridized carbons (Fsp3) is 0.286. The van der Waals surface area contributed by atoms with E-state index in [0.717, 1.165) is 5.56 Å². The van der Waals surface area contributed by atoms with E-state index in [1.54, 1.807) is 18.5 Å².